The summed E-state index contributed by atoms with van der Waals surface area (Å²) in [5.74, 6) is 0.938. The molecule has 0 aliphatic heterocycles. The van der Waals surface area contributed by atoms with Crippen molar-refractivity contribution in [3.8, 4) is 11.5 Å². The molecule has 1 aromatic heterocycles. The Balaban J connectivity index is 1.28. The van der Waals surface area contributed by atoms with E-state index in [0.717, 1.165) is 29.0 Å². The zero-order chi connectivity index (χ0) is 25.9. The Morgan fingerprint density at radius 2 is 1.84 bits per heavy atom. The van der Waals surface area contributed by atoms with Crippen molar-refractivity contribution in [1.82, 2.24) is 5.43 Å². The average Bonchev–Trinajstić information content (AvgIpc) is 3.32. The van der Waals surface area contributed by atoms with E-state index >= 15 is 0 Å². The minimum absolute atomic E-state index is 0.163. The summed E-state index contributed by atoms with van der Waals surface area (Å²) in [7, 11) is 1.59. The van der Waals surface area contributed by atoms with E-state index in [9.17, 15) is 4.79 Å². The molecule has 1 N–H and O–H groups in total. The fraction of sp³-hybridized carbons (Fsp3) is 0.0714. The van der Waals surface area contributed by atoms with Crippen LogP contribution in [0.5, 0.6) is 11.5 Å². The number of hydrogen-bond donors (Lipinski definition) is 1. The lowest BCUT2D eigenvalue weighted by Crippen LogP contribution is -2.16. The predicted octanol–water partition coefficient (Wildman–Crippen LogP) is 8.07. The lowest BCUT2D eigenvalue weighted by molar-refractivity contribution is 0.0929. The topological polar surface area (TPSA) is 73.1 Å². The highest BCUT2D eigenvalue weighted by molar-refractivity contribution is 14.1. The van der Waals surface area contributed by atoms with Gasteiger partial charge in [-0.25, -0.2) is 5.43 Å². The van der Waals surface area contributed by atoms with Crippen LogP contribution in [0.25, 0.3) is 21.7 Å². The molecule has 0 unspecified atom stereocenters. The summed E-state index contributed by atoms with van der Waals surface area (Å²) in [6, 6.07) is 23.6. The van der Waals surface area contributed by atoms with Gasteiger partial charge < -0.3 is 13.9 Å². The van der Waals surface area contributed by atoms with Crippen molar-refractivity contribution in [2.24, 2.45) is 5.10 Å². The van der Waals surface area contributed by atoms with Crippen LogP contribution < -0.4 is 14.9 Å². The first kappa shape index (κ1) is 25.7. The molecule has 0 saturated carbocycles. The molecule has 1 amide bonds. The third kappa shape index (κ3) is 5.83. The number of nitrogens with one attached hydrogen (secondary N) is 1. The van der Waals surface area contributed by atoms with Crippen molar-refractivity contribution in [1.29, 1.82) is 0 Å². The number of fused-ring (bicyclic) bond motifs is 2. The first-order valence-electron chi connectivity index (χ1n) is 11.1. The zero-order valence-corrected chi connectivity index (χ0v) is 24.8. The smallest absolute Gasteiger partial charge is 0.307 e. The van der Waals surface area contributed by atoms with Gasteiger partial charge in [0.15, 0.2) is 17.3 Å². The Morgan fingerprint density at radius 3 is 2.65 bits per heavy atom. The molecule has 0 spiro atoms. The minimum atomic E-state index is -0.451. The monoisotopic (exact) mass is 732 g/mol. The van der Waals surface area contributed by atoms with E-state index in [-0.39, 0.29) is 5.76 Å². The van der Waals surface area contributed by atoms with E-state index in [2.05, 4.69) is 95.3 Å². The average molecular weight is 734 g/mol. The van der Waals surface area contributed by atoms with Gasteiger partial charge in [-0.05, 0) is 96.8 Å². The molecule has 9 heteroatoms. The number of benzene rings is 4. The molecule has 0 aliphatic carbocycles. The molecule has 186 valence electrons. The van der Waals surface area contributed by atoms with Crippen molar-refractivity contribution in [3.05, 3.63) is 102 Å². The van der Waals surface area contributed by atoms with Gasteiger partial charge in [0.05, 0.1) is 21.4 Å². The maximum Gasteiger partial charge on any atom is 0.307 e. The van der Waals surface area contributed by atoms with Gasteiger partial charge in [-0.2, -0.15) is 5.10 Å². The zero-order valence-electron chi connectivity index (χ0n) is 19.4. The molecule has 5 aromatic rings. The number of hydrogen-bond acceptors (Lipinski definition) is 5. The molecule has 0 atom stereocenters. The van der Waals surface area contributed by atoms with E-state index in [1.807, 2.05) is 36.4 Å². The van der Waals surface area contributed by atoms with E-state index in [4.69, 9.17) is 13.9 Å². The number of methoxy groups -OCH3 is 1. The minimum Gasteiger partial charge on any atom is -0.493 e. The maximum absolute atomic E-state index is 12.6. The predicted molar refractivity (Wildman–Crippen MR) is 161 cm³/mol. The molecule has 1 heterocycles. The number of hydrazone groups is 1. The number of ether oxygens (including phenoxy) is 2. The third-order valence-corrected chi connectivity index (χ3v) is 7.44. The van der Waals surface area contributed by atoms with Crippen molar-refractivity contribution in [3.63, 3.8) is 0 Å². The summed E-state index contributed by atoms with van der Waals surface area (Å²) in [6.07, 6.45) is 1.55. The molecule has 37 heavy (non-hydrogen) atoms. The summed E-state index contributed by atoms with van der Waals surface area (Å²) in [4.78, 5) is 12.6. The maximum atomic E-state index is 12.6. The normalized spacial score (nSPS) is 11.4. The van der Waals surface area contributed by atoms with Crippen LogP contribution in [0.15, 0.2) is 91.3 Å². The van der Waals surface area contributed by atoms with Gasteiger partial charge >= 0.3 is 5.91 Å². The number of rotatable bonds is 7. The van der Waals surface area contributed by atoms with Gasteiger partial charge in [-0.15, -0.1) is 0 Å². The van der Waals surface area contributed by atoms with Gasteiger partial charge in [0, 0.05) is 9.86 Å². The largest absolute Gasteiger partial charge is 0.493 e. The number of nitrogens with zero attached hydrogens (tertiary/aromatic N) is 1. The highest BCUT2D eigenvalue weighted by atomic mass is 127. The van der Waals surface area contributed by atoms with Crippen molar-refractivity contribution < 1.29 is 18.7 Å². The van der Waals surface area contributed by atoms with Gasteiger partial charge in [0.2, 0.25) is 0 Å². The summed E-state index contributed by atoms with van der Waals surface area (Å²) in [5.41, 5.74) is 4.91. The second-order valence-electron chi connectivity index (χ2n) is 8.12. The molecule has 0 aliphatic rings. The number of furan rings is 1. The van der Waals surface area contributed by atoms with Gasteiger partial charge in [-0.1, -0.05) is 52.3 Å². The molecular formula is C28H19Br2IN2O4. The van der Waals surface area contributed by atoms with Gasteiger partial charge in [-0.3, -0.25) is 4.79 Å². The van der Waals surface area contributed by atoms with E-state index in [1.54, 1.807) is 19.4 Å². The van der Waals surface area contributed by atoms with Crippen LogP contribution in [-0.4, -0.2) is 19.2 Å². The van der Waals surface area contributed by atoms with E-state index < -0.39 is 5.91 Å². The highest BCUT2D eigenvalue weighted by Gasteiger charge is 2.15. The SMILES string of the molecule is COc1cc(/C=N\NC(=O)c2cc3cc(Br)cc(Br)c3o2)cc(I)c1OCc1ccc2ccccc2c1. The Hall–Kier alpha value is -2.89. The van der Waals surface area contributed by atoms with Crippen LogP contribution >= 0.6 is 54.5 Å². The molecule has 0 saturated heterocycles. The summed E-state index contributed by atoms with van der Waals surface area (Å²) < 4.78 is 19.9. The van der Waals surface area contributed by atoms with E-state index in [0.29, 0.717) is 23.7 Å². The fourth-order valence-electron chi connectivity index (χ4n) is 3.85. The lowest BCUT2D eigenvalue weighted by Gasteiger charge is -2.14. The van der Waals surface area contributed by atoms with Crippen LogP contribution in [0.1, 0.15) is 21.7 Å². The second-order valence-corrected chi connectivity index (χ2v) is 11.1. The molecule has 6 nitrogen and oxygen atoms in total. The van der Waals surface area contributed by atoms with Crippen LogP contribution in [0.2, 0.25) is 0 Å². The molecule has 5 rings (SSSR count). The van der Waals surface area contributed by atoms with Crippen LogP contribution in [0, 0.1) is 3.57 Å². The van der Waals surface area contributed by atoms with Crippen LogP contribution in [0.4, 0.5) is 0 Å². The Bertz CT molecular complexity index is 1670. The second kappa shape index (κ2) is 11.2. The first-order valence-corrected chi connectivity index (χ1v) is 13.8. The summed E-state index contributed by atoms with van der Waals surface area (Å²) in [5, 5.41) is 7.25. The van der Waals surface area contributed by atoms with Gasteiger partial charge in [0.1, 0.15) is 12.2 Å². The summed E-state index contributed by atoms with van der Waals surface area (Å²) >= 11 is 9.08. The van der Waals surface area contributed by atoms with Crippen molar-refractivity contribution >= 4 is 88.3 Å². The van der Waals surface area contributed by atoms with Gasteiger partial charge in [0.25, 0.3) is 0 Å². The Kier molecular flexibility index (Phi) is 7.82. The molecule has 4 aromatic carbocycles. The Labute approximate surface area is 243 Å². The van der Waals surface area contributed by atoms with Crippen LogP contribution in [-0.2, 0) is 6.61 Å². The first-order chi connectivity index (χ1) is 17.9. The quantitative estimate of drug-likeness (QED) is 0.104. The summed E-state index contributed by atoms with van der Waals surface area (Å²) in [6.45, 7) is 0.408. The van der Waals surface area contributed by atoms with E-state index in [1.165, 1.54) is 10.8 Å². The van der Waals surface area contributed by atoms with Crippen molar-refractivity contribution in [2.75, 3.05) is 7.11 Å². The number of amides is 1. The highest BCUT2D eigenvalue weighted by Crippen LogP contribution is 2.34. The molecule has 0 fully saturated rings. The standard InChI is InChI=1S/C28H19Br2IN2O4/c1-35-24-10-17(14-32-33-28(34)25-12-20-11-21(29)13-22(30)26(20)37-25)9-23(31)27(24)36-15-16-6-7-18-4-2-3-5-19(18)8-16/h2-14H,15H2,1H3,(H,33,34)/b32-14-. The lowest BCUT2D eigenvalue weighted by atomic mass is 10.1. The Morgan fingerprint density at radius 1 is 1.03 bits per heavy atom. The molecule has 0 radical (unpaired) electrons. The fourth-order valence-corrected chi connectivity index (χ4v) is 5.97. The number of carbonyl (C=O) groups excluding carboxylic acids is 1. The third-order valence-electron chi connectivity index (χ3n) is 5.59. The number of carbonyl (C=O) groups is 1. The number of halogens is 3. The molecule has 0 bridgehead atoms. The molecular weight excluding hydrogens is 715 g/mol. The van der Waals surface area contributed by atoms with Crippen LogP contribution in [0.3, 0.4) is 0 Å². The van der Waals surface area contributed by atoms with Crippen molar-refractivity contribution in [2.45, 2.75) is 6.61 Å².